The van der Waals surface area contributed by atoms with Crippen molar-refractivity contribution >= 4 is 17.5 Å². The molecule has 9 heteroatoms. The summed E-state index contributed by atoms with van der Waals surface area (Å²) in [5.41, 5.74) is 11.3. The van der Waals surface area contributed by atoms with E-state index in [1.165, 1.54) is 23.4 Å². The summed E-state index contributed by atoms with van der Waals surface area (Å²) in [5, 5.41) is 0. The van der Waals surface area contributed by atoms with E-state index in [4.69, 9.17) is 16.2 Å². The number of amides is 1. The summed E-state index contributed by atoms with van der Waals surface area (Å²) in [7, 11) is 0. The lowest BCUT2D eigenvalue weighted by Gasteiger charge is -2.39. The Balaban J connectivity index is 2.24. The van der Waals surface area contributed by atoms with E-state index >= 15 is 0 Å². The number of halogens is 3. The number of aromatic nitrogens is 1. The van der Waals surface area contributed by atoms with Gasteiger partial charge in [0.15, 0.2) is 0 Å². The third-order valence-electron chi connectivity index (χ3n) is 3.33. The normalized spacial score (nSPS) is 22.9. The third kappa shape index (κ3) is 3.67. The Morgan fingerprint density at radius 2 is 2.14 bits per heavy atom. The molecule has 2 rings (SSSR count). The van der Waals surface area contributed by atoms with Gasteiger partial charge in [0.25, 0.3) is 0 Å². The Kier molecular flexibility index (Phi) is 4.10. The molecule has 0 aliphatic carbocycles. The number of nitrogens with two attached hydrogens (primary N) is 2. The fourth-order valence-electron chi connectivity index (χ4n) is 2.42. The number of carbonyl (C=O) groups excluding carboxylic acids is 1. The summed E-state index contributed by atoms with van der Waals surface area (Å²) in [6, 6.07) is 1.52. The Morgan fingerprint density at radius 1 is 1.43 bits per heavy atom. The standard InChI is InChI=1S/C12H15F3N4O2/c13-12(14,15)7-3-8(21-11(17)20)6-19(5-7)10-1-2-18-4-9(10)16/h1-2,4,7-8H,3,5-6,16H2,(H2,17,20)/t7-,8+/m1/s1. The minimum atomic E-state index is -4.39. The van der Waals surface area contributed by atoms with Crippen LogP contribution in [0.25, 0.3) is 0 Å². The van der Waals surface area contributed by atoms with Crippen molar-refractivity contribution in [1.82, 2.24) is 4.98 Å². The number of hydrogen-bond donors (Lipinski definition) is 2. The van der Waals surface area contributed by atoms with Crippen LogP contribution in [0.15, 0.2) is 18.5 Å². The first kappa shape index (κ1) is 15.2. The molecule has 0 spiro atoms. The smallest absolute Gasteiger partial charge is 0.404 e. The number of alkyl halides is 3. The van der Waals surface area contributed by atoms with Gasteiger partial charge in [-0.2, -0.15) is 13.2 Å². The minimum Gasteiger partial charge on any atom is -0.444 e. The molecule has 0 saturated carbocycles. The van der Waals surface area contributed by atoms with Crippen molar-refractivity contribution in [1.29, 1.82) is 0 Å². The van der Waals surface area contributed by atoms with E-state index in [2.05, 4.69) is 4.98 Å². The molecule has 1 aromatic heterocycles. The first-order valence-corrected chi connectivity index (χ1v) is 6.24. The van der Waals surface area contributed by atoms with Crippen molar-refractivity contribution in [3.05, 3.63) is 18.5 Å². The highest BCUT2D eigenvalue weighted by molar-refractivity contribution is 5.67. The number of pyridine rings is 1. The monoisotopic (exact) mass is 304 g/mol. The summed E-state index contributed by atoms with van der Waals surface area (Å²) < 4.78 is 43.7. The van der Waals surface area contributed by atoms with E-state index < -0.39 is 24.3 Å². The summed E-state index contributed by atoms with van der Waals surface area (Å²) in [6.45, 7) is -0.153. The highest BCUT2D eigenvalue weighted by Gasteiger charge is 2.45. The number of rotatable bonds is 2. The van der Waals surface area contributed by atoms with Crippen LogP contribution < -0.4 is 16.4 Å². The van der Waals surface area contributed by atoms with E-state index in [9.17, 15) is 18.0 Å². The minimum absolute atomic E-state index is 0.101. The molecular weight excluding hydrogens is 289 g/mol. The molecule has 0 aromatic carbocycles. The van der Waals surface area contributed by atoms with Crippen molar-refractivity contribution < 1.29 is 22.7 Å². The zero-order valence-corrected chi connectivity index (χ0v) is 11.0. The molecule has 6 nitrogen and oxygen atoms in total. The average Bonchev–Trinajstić information content (AvgIpc) is 2.37. The van der Waals surface area contributed by atoms with Crippen molar-refractivity contribution in [2.75, 3.05) is 23.7 Å². The number of ether oxygens (including phenoxy) is 1. The number of nitrogens with zero attached hydrogens (tertiary/aromatic N) is 2. The molecular formula is C12H15F3N4O2. The molecule has 0 radical (unpaired) electrons. The Bertz CT molecular complexity index is 523. The SMILES string of the molecule is NC(=O)O[C@H]1C[C@@H](C(F)(F)F)CN(c2ccncc2N)C1. The Hall–Kier alpha value is -2.19. The van der Waals surface area contributed by atoms with Gasteiger partial charge < -0.3 is 21.1 Å². The van der Waals surface area contributed by atoms with E-state index in [0.717, 1.165) is 0 Å². The molecule has 4 N–H and O–H groups in total. The molecule has 1 aromatic rings. The first-order chi connectivity index (χ1) is 9.77. The van der Waals surface area contributed by atoms with Gasteiger partial charge in [-0.1, -0.05) is 0 Å². The van der Waals surface area contributed by atoms with Gasteiger partial charge in [0.1, 0.15) is 6.10 Å². The lowest BCUT2D eigenvalue weighted by atomic mass is 9.94. The molecule has 1 fully saturated rings. The van der Waals surface area contributed by atoms with E-state index in [1.807, 2.05) is 0 Å². The topological polar surface area (TPSA) is 94.5 Å². The van der Waals surface area contributed by atoms with Gasteiger partial charge in [0.05, 0.1) is 30.0 Å². The molecule has 0 bridgehead atoms. The second kappa shape index (κ2) is 5.66. The van der Waals surface area contributed by atoms with Crippen LogP contribution >= 0.6 is 0 Å². The van der Waals surface area contributed by atoms with E-state index in [-0.39, 0.29) is 25.2 Å². The van der Waals surface area contributed by atoms with E-state index in [1.54, 1.807) is 0 Å². The molecule has 0 unspecified atom stereocenters. The molecule has 1 aliphatic rings. The molecule has 1 amide bonds. The zero-order valence-electron chi connectivity index (χ0n) is 11.0. The van der Waals surface area contributed by atoms with Crippen molar-refractivity contribution in [3.63, 3.8) is 0 Å². The Labute approximate surface area is 118 Å². The summed E-state index contributed by atoms with van der Waals surface area (Å²) >= 11 is 0. The zero-order chi connectivity index (χ0) is 15.6. The molecule has 1 aliphatic heterocycles. The second-order valence-corrected chi connectivity index (χ2v) is 4.87. The number of primary amides is 1. The fourth-order valence-corrected chi connectivity index (χ4v) is 2.42. The van der Waals surface area contributed by atoms with Crippen molar-refractivity contribution in [3.8, 4) is 0 Å². The molecule has 116 valence electrons. The van der Waals surface area contributed by atoms with Gasteiger partial charge in [0.2, 0.25) is 0 Å². The van der Waals surface area contributed by atoms with Crippen molar-refractivity contribution in [2.24, 2.45) is 11.7 Å². The maximum Gasteiger partial charge on any atom is 0.404 e. The van der Waals surface area contributed by atoms with Gasteiger partial charge in [-0.15, -0.1) is 0 Å². The first-order valence-electron chi connectivity index (χ1n) is 6.24. The van der Waals surface area contributed by atoms with Crippen molar-refractivity contribution in [2.45, 2.75) is 18.7 Å². The van der Waals surface area contributed by atoms with Crippen LogP contribution in [0.4, 0.5) is 29.3 Å². The highest BCUT2D eigenvalue weighted by Crippen LogP contribution is 2.36. The average molecular weight is 304 g/mol. The number of nitrogen functional groups attached to an aromatic ring is 1. The fraction of sp³-hybridized carbons (Fsp3) is 0.500. The molecule has 1 saturated heterocycles. The quantitative estimate of drug-likeness (QED) is 0.863. The van der Waals surface area contributed by atoms with Gasteiger partial charge in [-0.25, -0.2) is 4.79 Å². The van der Waals surface area contributed by atoms with Crippen LogP contribution in [-0.4, -0.2) is 36.4 Å². The largest absolute Gasteiger partial charge is 0.444 e. The predicted octanol–water partition coefficient (Wildman–Crippen LogP) is 1.52. The number of anilines is 2. The maximum atomic E-state index is 13.0. The van der Waals surface area contributed by atoms with Gasteiger partial charge >= 0.3 is 12.3 Å². The summed E-state index contributed by atoms with van der Waals surface area (Å²) in [6.07, 6.45) is -3.93. The number of carbonyl (C=O) groups is 1. The van der Waals surface area contributed by atoms with Crippen LogP contribution in [0, 0.1) is 5.92 Å². The van der Waals surface area contributed by atoms with Gasteiger partial charge in [-0.3, -0.25) is 4.98 Å². The lowest BCUT2D eigenvalue weighted by molar-refractivity contribution is -0.182. The highest BCUT2D eigenvalue weighted by atomic mass is 19.4. The molecule has 2 heterocycles. The number of hydrogen-bond acceptors (Lipinski definition) is 5. The van der Waals surface area contributed by atoms with Crippen LogP contribution in [0.5, 0.6) is 0 Å². The van der Waals surface area contributed by atoms with Crippen LogP contribution in [-0.2, 0) is 4.74 Å². The third-order valence-corrected chi connectivity index (χ3v) is 3.33. The summed E-state index contributed by atoms with van der Waals surface area (Å²) in [4.78, 5) is 16.0. The number of piperidine rings is 1. The van der Waals surface area contributed by atoms with Crippen LogP contribution in [0.3, 0.4) is 0 Å². The molecule has 2 atom stereocenters. The van der Waals surface area contributed by atoms with Gasteiger partial charge in [0, 0.05) is 12.7 Å². The van der Waals surface area contributed by atoms with E-state index in [0.29, 0.717) is 5.69 Å². The molecule has 21 heavy (non-hydrogen) atoms. The predicted molar refractivity (Wildman–Crippen MR) is 69.5 cm³/mol. The van der Waals surface area contributed by atoms with Crippen LogP contribution in [0.2, 0.25) is 0 Å². The van der Waals surface area contributed by atoms with Crippen LogP contribution in [0.1, 0.15) is 6.42 Å². The summed E-state index contributed by atoms with van der Waals surface area (Å²) in [5.74, 6) is -1.62. The lowest BCUT2D eigenvalue weighted by Crippen LogP contribution is -2.49. The van der Waals surface area contributed by atoms with Gasteiger partial charge in [-0.05, 0) is 12.5 Å². The maximum absolute atomic E-state index is 13.0. The Morgan fingerprint density at radius 3 is 2.71 bits per heavy atom. The second-order valence-electron chi connectivity index (χ2n) is 4.87.